The zero-order chi connectivity index (χ0) is 24.0. The zero-order valence-corrected chi connectivity index (χ0v) is 20.4. The third kappa shape index (κ3) is 5.43. The van der Waals surface area contributed by atoms with Crippen molar-refractivity contribution in [2.75, 3.05) is 0 Å². The monoisotopic (exact) mass is 487 g/mol. The van der Waals surface area contributed by atoms with E-state index < -0.39 is 6.04 Å². The first-order valence-electron chi connectivity index (χ1n) is 12.1. The standard InChI is InChI=1S/C27H29N5O2S/c33-25(19-32-23-15-8-7-14-22(23)29-30-32)31(18-20-10-3-1-4-11-20)26(24-16-9-17-35-24)27(34)28-21-12-5-2-6-13-21/h1,3-4,7-11,14-17,21,26H,2,5-6,12-13,18-19H2,(H,28,34). The number of hydrogen-bond acceptors (Lipinski definition) is 5. The number of nitrogens with one attached hydrogen (secondary N) is 1. The van der Waals surface area contributed by atoms with Crippen molar-refractivity contribution in [1.82, 2.24) is 25.2 Å². The predicted molar refractivity (Wildman–Crippen MR) is 137 cm³/mol. The van der Waals surface area contributed by atoms with Crippen LogP contribution in [-0.4, -0.2) is 37.7 Å². The molecule has 2 heterocycles. The Balaban J connectivity index is 1.47. The molecule has 1 N–H and O–H groups in total. The van der Waals surface area contributed by atoms with E-state index in [4.69, 9.17) is 0 Å². The van der Waals surface area contributed by atoms with E-state index in [2.05, 4.69) is 15.6 Å². The fourth-order valence-corrected chi connectivity index (χ4v) is 5.59. The van der Waals surface area contributed by atoms with Gasteiger partial charge in [0.15, 0.2) is 0 Å². The summed E-state index contributed by atoms with van der Waals surface area (Å²) in [4.78, 5) is 30.1. The van der Waals surface area contributed by atoms with Gasteiger partial charge in [-0.2, -0.15) is 0 Å². The van der Waals surface area contributed by atoms with E-state index in [0.29, 0.717) is 6.54 Å². The summed E-state index contributed by atoms with van der Waals surface area (Å²) in [5.41, 5.74) is 2.50. The second-order valence-electron chi connectivity index (χ2n) is 9.00. The van der Waals surface area contributed by atoms with Crippen molar-refractivity contribution in [3.8, 4) is 0 Å². The second-order valence-corrected chi connectivity index (χ2v) is 9.98. The highest BCUT2D eigenvalue weighted by atomic mass is 32.1. The molecule has 1 saturated carbocycles. The number of rotatable bonds is 8. The maximum absolute atomic E-state index is 13.9. The molecule has 5 rings (SSSR count). The number of amides is 2. The van der Waals surface area contributed by atoms with E-state index in [1.165, 1.54) is 17.8 Å². The van der Waals surface area contributed by atoms with Gasteiger partial charge in [-0.3, -0.25) is 9.59 Å². The Morgan fingerprint density at radius 1 is 1.00 bits per heavy atom. The van der Waals surface area contributed by atoms with Crippen molar-refractivity contribution in [1.29, 1.82) is 0 Å². The molecule has 0 radical (unpaired) electrons. The van der Waals surface area contributed by atoms with Crippen molar-refractivity contribution < 1.29 is 9.59 Å². The summed E-state index contributed by atoms with van der Waals surface area (Å²) in [5, 5.41) is 13.6. The van der Waals surface area contributed by atoms with Crippen molar-refractivity contribution in [3.05, 3.63) is 82.6 Å². The molecule has 8 heteroatoms. The highest BCUT2D eigenvalue weighted by molar-refractivity contribution is 7.10. The first kappa shape index (κ1) is 23.2. The summed E-state index contributed by atoms with van der Waals surface area (Å²) in [7, 11) is 0. The van der Waals surface area contributed by atoms with E-state index in [1.807, 2.05) is 72.1 Å². The minimum atomic E-state index is -0.709. The van der Waals surface area contributed by atoms with E-state index in [1.54, 1.807) is 9.58 Å². The van der Waals surface area contributed by atoms with Crippen LogP contribution >= 0.6 is 11.3 Å². The quantitative estimate of drug-likeness (QED) is 0.390. The van der Waals surface area contributed by atoms with Crippen LogP contribution in [0.15, 0.2) is 72.1 Å². The summed E-state index contributed by atoms with van der Waals surface area (Å²) < 4.78 is 1.61. The molecule has 1 fully saturated rings. The molecule has 1 aliphatic carbocycles. The molecule has 180 valence electrons. The number of carbonyl (C=O) groups excluding carboxylic acids is 2. The van der Waals surface area contributed by atoms with Gasteiger partial charge in [-0.1, -0.05) is 73.0 Å². The molecule has 2 aromatic carbocycles. The number of nitrogens with zero attached hydrogens (tertiary/aromatic N) is 4. The summed E-state index contributed by atoms with van der Waals surface area (Å²) in [6, 6.07) is 20.7. The molecule has 4 aromatic rings. The summed E-state index contributed by atoms with van der Waals surface area (Å²) >= 11 is 1.50. The Hall–Kier alpha value is -3.52. The molecule has 0 saturated heterocycles. The molecule has 7 nitrogen and oxygen atoms in total. The van der Waals surface area contributed by atoms with Crippen LogP contribution in [0, 0.1) is 0 Å². The van der Waals surface area contributed by atoms with Crippen LogP contribution in [0.2, 0.25) is 0 Å². The van der Waals surface area contributed by atoms with E-state index in [9.17, 15) is 9.59 Å². The van der Waals surface area contributed by atoms with Crippen LogP contribution in [0.4, 0.5) is 0 Å². The van der Waals surface area contributed by atoms with E-state index >= 15 is 0 Å². The highest BCUT2D eigenvalue weighted by Crippen LogP contribution is 2.29. The van der Waals surface area contributed by atoms with Crippen LogP contribution in [-0.2, 0) is 22.7 Å². The Morgan fingerprint density at radius 2 is 1.77 bits per heavy atom. The van der Waals surface area contributed by atoms with Gasteiger partial charge in [0.1, 0.15) is 18.1 Å². The van der Waals surface area contributed by atoms with Gasteiger partial charge in [0.05, 0.1) is 5.52 Å². The Labute approximate surface area is 208 Å². The molecule has 1 atom stereocenters. The average molecular weight is 488 g/mol. The number of benzene rings is 2. The van der Waals surface area contributed by atoms with Gasteiger partial charge in [0.25, 0.3) is 0 Å². The third-order valence-electron chi connectivity index (χ3n) is 6.55. The smallest absolute Gasteiger partial charge is 0.248 e. The first-order chi connectivity index (χ1) is 17.2. The van der Waals surface area contributed by atoms with Crippen LogP contribution in [0.5, 0.6) is 0 Å². The number of fused-ring (bicyclic) bond motifs is 1. The second kappa shape index (κ2) is 10.8. The maximum atomic E-state index is 13.9. The number of aromatic nitrogens is 3. The molecule has 1 aliphatic rings. The molecule has 2 amide bonds. The first-order valence-corrected chi connectivity index (χ1v) is 13.0. The summed E-state index contributed by atoms with van der Waals surface area (Å²) in [5.74, 6) is -0.297. The Bertz CT molecular complexity index is 1270. The largest absolute Gasteiger partial charge is 0.351 e. The molecular formula is C27H29N5O2S. The Morgan fingerprint density at radius 3 is 2.54 bits per heavy atom. The third-order valence-corrected chi connectivity index (χ3v) is 7.47. The van der Waals surface area contributed by atoms with Gasteiger partial charge in [-0.15, -0.1) is 16.4 Å². The molecular weight excluding hydrogens is 458 g/mol. The van der Waals surface area contributed by atoms with Crippen LogP contribution in [0.1, 0.15) is 48.6 Å². The van der Waals surface area contributed by atoms with E-state index in [0.717, 1.165) is 47.2 Å². The summed E-state index contributed by atoms with van der Waals surface area (Å²) in [6.07, 6.45) is 5.44. The SMILES string of the molecule is O=C(NC1CCCCC1)C(c1cccs1)N(Cc1ccccc1)C(=O)Cn1nnc2ccccc21. The minimum absolute atomic E-state index is 0.00588. The lowest BCUT2D eigenvalue weighted by molar-refractivity contribution is -0.142. The van der Waals surface area contributed by atoms with Gasteiger partial charge >= 0.3 is 0 Å². The average Bonchev–Trinajstić information content (AvgIpc) is 3.56. The Kier molecular flexibility index (Phi) is 7.18. The molecule has 0 bridgehead atoms. The normalized spacial score (nSPS) is 15.1. The fourth-order valence-electron chi connectivity index (χ4n) is 4.75. The van der Waals surface area contributed by atoms with E-state index in [-0.39, 0.29) is 24.4 Å². The van der Waals surface area contributed by atoms with Crippen LogP contribution in [0.25, 0.3) is 11.0 Å². The van der Waals surface area contributed by atoms with Gasteiger partial charge in [-0.05, 0) is 42.0 Å². The number of hydrogen-bond donors (Lipinski definition) is 1. The fraction of sp³-hybridized carbons (Fsp3) is 0.333. The van der Waals surface area contributed by atoms with Gasteiger partial charge < -0.3 is 10.2 Å². The van der Waals surface area contributed by atoms with Gasteiger partial charge in [-0.25, -0.2) is 4.68 Å². The number of para-hydroxylation sites is 1. The van der Waals surface area contributed by atoms with Crippen molar-refractivity contribution in [3.63, 3.8) is 0 Å². The zero-order valence-electron chi connectivity index (χ0n) is 19.5. The van der Waals surface area contributed by atoms with Gasteiger partial charge in [0, 0.05) is 17.5 Å². The molecule has 0 spiro atoms. The topological polar surface area (TPSA) is 80.1 Å². The van der Waals surface area contributed by atoms with Crippen molar-refractivity contribution >= 4 is 34.2 Å². The number of carbonyl (C=O) groups is 2. The molecule has 1 unspecified atom stereocenters. The van der Waals surface area contributed by atoms with Crippen LogP contribution < -0.4 is 5.32 Å². The lowest BCUT2D eigenvalue weighted by Crippen LogP contribution is -2.47. The maximum Gasteiger partial charge on any atom is 0.248 e. The minimum Gasteiger partial charge on any atom is -0.351 e. The lowest BCUT2D eigenvalue weighted by atomic mass is 9.95. The van der Waals surface area contributed by atoms with Crippen molar-refractivity contribution in [2.24, 2.45) is 0 Å². The molecule has 0 aliphatic heterocycles. The van der Waals surface area contributed by atoms with Gasteiger partial charge in [0.2, 0.25) is 11.8 Å². The van der Waals surface area contributed by atoms with Crippen molar-refractivity contribution in [2.45, 2.75) is 57.3 Å². The highest BCUT2D eigenvalue weighted by Gasteiger charge is 2.34. The summed E-state index contributed by atoms with van der Waals surface area (Å²) in [6.45, 7) is 0.332. The van der Waals surface area contributed by atoms with Crippen LogP contribution in [0.3, 0.4) is 0 Å². The molecule has 2 aromatic heterocycles. The lowest BCUT2D eigenvalue weighted by Gasteiger charge is -2.32. The number of thiophene rings is 1. The predicted octanol–water partition coefficient (Wildman–Crippen LogP) is 4.71. The molecule has 35 heavy (non-hydrogen) atoms.